The van der Waals surface area contributed by atoms with E-state index >= 15 is 0 Å². The van der Waals surface area contributed by atoms with E-state index in [4.69, 9.17) is 9.47 Å². The zero-order chi connectivity index (χ0) is 18.4. The summed E-state index contributed by atoms with van der Waals surface area (Å²) < 4.78 is 10.5. The van der Waals surface area contributed by atoms with Gasteiger partial charge in [-0.2, -0.15) is 0 Å². The Morgan fingerprint density at radius 3 is 2.46 bits per heavy atom. The molecule has 0 spiro atoms. The fraction of sp³-hybridized carbons (Fsp3) is 0.100. The van der Waals surface area contributed by atoms with E-state index in [0.29, 0.717) is 22.7 Å². The molecule has 3 rings (SSSR count). The average Bonchev–Trinajstić information content (AvgIpc) is 2.69. The SMILES string of the molecule is COc1ccc(NC(=O)c2cncc(Nc3ccccc3)c2)c(OC)c1. The lowest BCUT2D eigenvalue weighted by atomic mass is 10.2. The molecule has 1 heterocycles. The number of nitrogens with zero attached hydrogens (tertiary/aromatic N) is 1. The van der Waals surface area contributed by atoms with Crippen LogP contribution in [-0.4, -0.2) is 25.1 Å². The van der Waals surface area contributed by atoms with Crippen molar-refractivity contribution in [3.8, 4) is 11.5 Å². The van der Waals surface area contributed by atoms with Crippen molar-refractivity contribution in [1.82, 2.24) is 4.98 Å². The largest absolute Gasteiger partial charge is 0.497 e. The van der Waals surface area contributed by atoms with E-state index in [1.54, 1.807) is 37.6 Å². The van der Waals surface area contributed by atoms with E-state index in [1.807, 2.05) is 30.3 Å². The zero-order valence-electron chi connectivity index (χ0n) is 14.5. The number of carbonyl (C=O) groups is 1. The average molecular weight is 349 g/mol. The van der Waals surface area contributed by atoms with E-state index in [-0.39, 0.29) is 5.91 Å². The van der Waals surface area contributed by atoms with Crippen LogP contribution in [0, 0.1) is 0 Å². The molecule has 6 heteroatoms. The van der Waals surface area contributed by atoms with Crippen LogP contribution in [0.2, 0.25) is 0 Å². The molecule has 0 aliphatic heterocycles. The Bertz CT molecular complexity index is 898. The summed E-state index contributed by atoms with van der Waals surface area (Å²) in [4.78, 5) is 16.7. The van der Waals surface area contributed by atoms with Crippen LogP contribution in [-0.2, 0) is 0 Å². The number of pyridine rings is 1. The normalized spacial score (nSPS) is 10.1. The summed E-state index contributed by atoms with van der Waals surface area (Å²) in [6, 6.07) is 16.6. The van der Waals surface area contributed by atoms with E-state index in [2.05, 4.69) is 15.6 Å². The van der Waals surface area contributed by atoms with Gasteiger partial charge >= 0.3 is 0 Å². The second-order valence-electron chi connectivity index (χ2n) is 5.47. The molecule has 0 bridgehead atoms. The summed E-state index contributed by atoms with van der Waals surface area (Å²) in [6.45, 7) is 0. The molecule has 0 saturated heterocycles. The van der Waals surface area contributed by atoms with E-state index in [9.17, 15) is 4.79 Å². The molecular weight excluding hydrogens is 330 g/mol. The van der Waals surface area contributed by atoms with Crippen molar-refractivity contribution in [3.05, 3.63) is 72.6 Å². The van der Waals surface area contributed by atoms with E-state index in [1.165, 1.54) is 13.3 Å². The summed E-state index contributed by atoms with van der Waals surface area (Å²) in [7, 11) is 3.11. The van der Waals surface area contributed by atoms with Gasteiger partial charge < -0.3 is 20.1 Å². The van der Waals surface area contributed by atoms with Crippen LogP contribution in [0.15, 0.2) is 67.0 Å². The first-order valence-corrected chi connectivity index (χ1v) is 8.00. The van der Waals surface area contributed by atoms with Crippen molar-refractivity contribution in [3.63, 3.8) is 0 Å². The molecule has 132 valence electrons. The summed E-state index contributed by atoms with van der Waals surface area (Å²) in [5, 5.41) is 6.05. The molecule has 1 amide bonds. The molecule has 6 nitrogen and oxygen atoms in total. The minimum Gasteiger partial charge on any atom is -0.497 e. The highest BCUT2D eigenvalue weighted by Gasteiger charge is 2.12. The summed E-state index contributed by atoms with van der Waals surface area (Å²) >= 11 is 0. The maximum Gasteiger partial charge on any atom is 0.257 e. The van der Waals surface area contributed by atoms with E-state index in [0.717, 1.165) is 11.4 Å². The molecule has 26 heavy (non-hydrogen) atoms. The fourth-order valence-corrected chi connectivity index (χ4v) is 2.42. The van der Waals surface area contributed by atoms with E-state index < -0.39 is 0 Å². The van der Waals surface area contributed by atoms with Gasteiger partial charge in [0.25, 0.3) is 5.91 Å². The third-order valence-corrected chi connectivity index (χ3v) is 3.72. The first-order valence-electron chi connectivity index (χ1n) is 8.00. The van der Waals surface area contributed by atoms with Crippen LogP contribution in [0.5, 0.6) is 11.5 Å². The first kappa shape index (κ1) is 17.3. The summed E-state index contributed by atoms with van der Waals surface area (Å²) in [5.74, 6) is 0.887. The topological polar surface area (TPSA) is 72.5 Å². The number of para-hydroxylation sites is 1. The van der Waals surface area contributed by atoms with Crippen LogP contribution in [0.1, 0.15) is 10.4 Å². The smallest absolute Gasteiger partial charge is 0.257 e. The molecule has 0 saturated carbocycles. The molecule has 2 N–H and O–H groups in total. The lowest BCUT2D eigenvalue weighted by Gasteiger charge is -2.12. The zero-order valence-corrected chi connectivity index (χ0v) is 14.5. The van der Waals surface area contributed by atoms with Crippen LogP contribution >= 0.6 is 0 Å². The number of hydrogen-bond donors (Lipinski definition) is 2. The van der Waals surface area contributed by atoms with Crippen LogP contribution in [0.25, 0.3) is 0 Å². The number of ether oxygens (including phenoxy) is 2. The molecule has 2 aromatic carbocycles. The molecule has 0 radical (unpaired) electrons. The Morgan fingerprint density at radius 1 is 0.923 bits per heavy atom. The van der Waals surface area contributed by atoms with Crippen LogP contribution < -0.4 is 20.1 Å². The molecule has 0 unspecified atom stereocenters. The van der Waals surface area contributed by atoms with Crippen molar-refractivity contribution >= 4 is 23.0 Å². The molecule has 3 aromatic rings. The van der Waals surface area contributed by atoms with Gasteiger partial charge in [0.2, 0.25) is 0 Å². The van der Waals surface area contributed by atoms with Gasteiger partial charge in [-0.3, -0.25) is 9.78 Å². The van der Waals surface area contributed by atoms with Crippen molar-refractivity contribution in [2.24, 2.45) is 0 Å². The van der Waals surface area contributed by atoms with Crippen molar-refractivity contribution in [2.45, 2.75) is 0 Å². The quantitative estimate of drug-likeness (QED) is 0.701. The van der Waals surface area contributed by atoms with Crippen molar-refractivity contribution in [2.75, 3.05) is 24.9 Å². The predicted octanol–water partition coefficient (Wildman–Crippen LogP) is 4.09. The monoisotopic (exact) mass is 349 g/mol. The number of methoxy groups -OCH3 is 2. The number of aromatic nitrogens is 1. The number of anilines is 3. The predicted molar refractivity (Wildman–Crippen MR) is 101 cm³/mol. The van der Waals surface area contributed by atoms with Gasteiger partial charge in [0, 0.05) is 18.0 Å². The second-order valence-corrected chi connectivity index (χ2v) is 5.47. The van der Waals surface area contributed by atoms with Crippen LogP contribution in [0.3, 0.4) is 0 Å². The minimum absolute atomic E-state index is 0.280. The highest BCUT2D eigenvalue weighted by molar-refractivity contribution is 6.05. The van der Waals surface area contributed by atoms with Crippen molar-refractivity contribution < 1.29 is 14.3 Å². The Kier molecular flexibility index (Phi) is 5.34. The maximum atomic E-state index is 12.6. The first-order chi connectivity index (χ1) is 12.7. The maximum absolute atomic E-state index is 12.6. The number of hydrogen-bond acceptors (Lipinski definition) is 5. The van der Waals surface area contributed by atoms with Gasteiger partial charge in [-0.25, -0.2) is 0 Å². The lowest BCUT2D eigenvalue weighted by Crippen LogP contribution is -2.13. The molecule has 0 aliphatic rings. The third kappa shape index (κ3) is 4.10. The third-order valence-electron chi connectivity index (χ3n) is 3.72. The molecule has 0 fully saturated rings. The summed E-state index contributed by atoms with van der Waals surface area (Å²) in [6.07, 6.45) is 3.18. The van der Waals surface area contributed by atoms with Crippen LogP contribution in [0.4, 0.5) is 17.1 Å². The summed E-state index contributed by atoms with van der Waals surface area (Å²) in [5.41, 5.74) is 2.64. The number of nitrogens with one attached hydrogen (secondary N) is 2. The Morgan fingerprint density at radius 2 is 1.73 bits per heavy atom. The van der Waals surface area contributed by atoms with Gasteiger partial charge in [0.05, 0.1) is 37.4 Å². The fourth-order valence-electron chi connectivity index (χ4n) is 2.42. The Hall–Kier alpha value is -3.54. The van der Waals surface area contributed by atoms with Gasteiger partial charge in [-0.15, -0.1) is 0 Å². The Labute approximate surface area is 151 Å². The number of benzene rings is 2. The standard InChI is InChI=1S/C20H19N3O3/c1-25-17-8-9-18(19(11-17)26-2)23-20(24)14-10-16(13-21-12-14)22-15-6-4-3-5-7-15/h3-13,22H,1-2H3,(H,23,24). The highest BCUT2D eigenvalue weighted by atomic mass is 16.5. The van der Waals surface area contributed by atoms with Gasteiger partial charge in [-0.1, -0.05) is 18.2 Å². The van der Waals surface area contributed by atoms with Crippen molar-refractivity contribution in [1.29, 1.82) is 0 Å². The molecule has 0 atom stereocenters. The Balaban J connectivity index is 1.77. The molecule has 0 aliphatic carbocycles. The molecule has 1 aromatic heterocycles. The van der Waals surface area contributed by atoms with Gasteiger partial charge in [-0.05, 0) is 30.3 Å². The number of amides is 1. The molecular formula is C20H19N3O3. The minimum atomic E-state index is -0.280. The second kappa shape index (κ2) is 8.02. The lowest BCUT2D eigenvalue weighted by molar-refractivity contribution is 0.102. The van der Waals surface area contributed by atoms with Gasteiger partial charge in [0.15, 0.2) is 0 Å². The number of rotatable bonds is 6. The number of carbonyl (C=O) groups excluding carboxylic acids is 1. The highest BCUT2D eigenvalue weighted by Crippen LogP contribution is 2.29. The van der Waals surface area contributed by atoms with Gasteiger partial charge in [0.1, 0.15) is 11.5 Å².